The molecule has 1 aliphatic carbocycles. The third-order valence-corrected chi connectivity index (χ3v) is 7.00. The van der Waals surface area contributed by atoms with Crippen molar-refractivity contribution in [2.45, 2.75) is 97.2 Å². The van der Waals surface area contributed by atoms with Crippen molar-refractivity contribution in [1.82, 2.24) is 0 Å². The van der Waals surface area contributed by atoms with Gasteiger partial charge in [-0.25, -0.2) is 0 Å². The Morgan fingerprint density at radius 2 is 1.38 bits per heavy atom. The Morgan fingerprint density at radius 1 is 0.885 bits per heavy atom. The van der Waals surface area contributed by atoms with Gasteiger partial charge in [0, 0.05) is 11.0 Å². The molecule has 3 nitrogen and oxygen atoms in total. The molecule has 1 aliphatic heterocycles. The minimum absolute atomic E-state index is 0.0717. The maximum absolute atomic E-state index is 6.38. The highest BCUT2D eigenvalue weighted by molar-refractivity contribution is 6.63. The van der Waals surface area contributed by atoms with Crippen LogP contribution in [0, 0.1) is 6.92 Å². The minimum atomic E-state index is -0.402. The average molecular weight is 358 g/mol. The van der Waals surface area contributed by atoms with Crippen LogP contribution in [0.2, 0.25) is 0 Å². The molecule has 0 radical (unpaired) electrons. The van der Waals surface area contributed by atoms with Crippen LogP contribution in [-0.2, 0) is 20.1 Å². The molecule has 1 aromatic carbocycles. The number of benzene rings is 1. The summed E-state index contributed by atoms with van der Waals surface area (Å²) in [6.07, 6.45) is 2.33. The van der Waals surface area contributed by atoms with Crippen molar-refractivity contribution in [3.05, 3.63) is 22.8 Å². The van der Waals surface area contributed by atoms with E-state index in [0.717, 1.165) is 17.6 Å². The molecule has 1 saturated heterocycles. The molecular formula is C22H35BO3. The fourth-order valence-corrected chi connectivity index (χ4v) is 4.36. The van der Waals surface area contributed by atoms with Crippen molar-refractivity contribution >= 4 is 12.6 Å². The summed E-state index contributed by atoms with van der Waals surface area (Å²) in [5.74, 6) is 0.955. The zero-order valence-electron chi connectivity index (χ0n) is 18.3. The molecule has 1 aromatic rings. The lowest BCUT2D eigenvalue weighted by Gasteiger charge is -2.43. The van der Waals surface area contributed by atoms with Gasteiger partial charge in [-0.15, -0.1) is 0 Å². The summed E-state index contributed by atoms with van der Waals surface area (Å²) in [5, 5.41) is 0. The van der Waals surface area contributed by atoms with E-state index in [1.807, 2.05) is 0 Å². The van der Waals surface area contributed by atoms with Crippen LogP contribution >= 0.6 is 0 Å². The largest absolute Gasteiger partial charge is 0.498 e. The van der Waals surface area contributed by atoms with E-state index in [9.17, 15) is 0 Å². The zero-order chi connectivity index (χ0) is 19.7. The van der Waals surface area contributed by atoms with Gasteiger partial charge < -0.3 is 14.0 Å². The number of ether oxygens (including phenoxy) is 1. The summed E-state index contributed by atoms with van der Waals surface area (Å²) < 4.78 is 18.8. The van der Waals surface area contributed by atoms with Gasteiger partial charge in [0.15, 0.2) is 0 Å². The second kappa shape index (κ2) is 5.75. The first kappa shape index (κ1) is 19.8. The lowest BCUT2D eigenvalue weighted by Crippen LogP contribution is -2.42. The quantitative estimate of drug-likeness (QED) is 0.720. The predicted octanol–water partition coefficient (Wildman–Crippen LogP) is 4.65. The summed E-state index contributed by atoms with van der Waals surface area (Å²) in [6, 6.07) is 2.35. The van der Waals surface area contributed by atoms with Crippen LogP contribution in [0.5, 0.6) is 5.75 Å². The normalized spacial score (nSPS) is 25.1. The van der Waals surface area contributed by atoms with E-state index in [2.05, 4.69) is 68.4 Å². The molecule has 26 heavy (non-hydrogen) atoms. The van der Waals surface area contributed by atoms with Crippen molar-refractivity contribution < 1.29 is 14.0 Å². The Morgan fingerprint density at radius 3 is 1.88 bits per heavy atom. The fraction of sp³-hybridized carbons (Fsp3) is 0.727. The molecule has 0 bridgehead atoms. The maximum Gasteiger partial charge on any atom is 0.498 e. The van der Waals surface area contributed by atoms with Crippen LogP contribution in [-0.4, -0.2) is 25.4 Å². The summed E-state index contributed by atoms with van der Waals surface area (Å²) in [5.41, 5.74) is 4.47. The van der Waals surface area contributed by atoms with Crippen LogP contribution in [0.4, 0.5) is 0 Å². The van der Waals surface area contributed by atoms with Gasteiger partial charge in [0.25, 0.3) is 0 Å². The summed E-state index contributed by atoms with van der Waals surface area (Å²) in [7, 11) is 1.38. The van der Waals surface area contributed by atoms with Crippen molar-refractivity contribution in [3.63, 3.8) is 0 Å². The van der Waals surface area contributed by atoms with Gasteiger partial charge >= 0.3 is 7.12 Å². The molecule has 0 atom stereocenters. The average Bonchev–Trinajstić information content (AvgIpc) is 2.70. The monoisotopic (exact) mass is 358 g/mol. The molecule has 0 amide bonds. The topological polar surface area (TPSA) is 27.7 Å². The van der Waals surface area contributed by atoms with Gasteiger partial charge in [0.1, 0.15) is 5.75 Å². The van der Waals surface area contributed by atoms with Crippen LogP contribution in [0.1, 0.15) is 84.9 Å². The van der Waals surface area contributed by atoms with Gasteiger partial charge in [-0.05, 0) is 69.4 Å². The highest BCUT2D eigenvalue weighted by atomic mass is 16.7. The first-order valence-corrected chi connectivity index (χ1v) is 9.82. The van der Waals surface area contributed by atoms with Crippen LogP contribution in [0.15, 0.2) is 6.07 Å². The number of methoxy groups -OCH3 is 1. The molecule has 1 fully saturated rings. The van der Waals surface area contributed by atoms with Crippen molar-refractivity contribution in [3.8, 4) is 5.75 Å². The third kappa shape index (κ3) is 2.81. The van der Waals surface area contributed by atoms with Gasteiger partial charge in [0.05, 0.1) is 18.3 Å². The first-order chi connectivity index (χ1) is 11.7. The molecule has 0 unspecified atom stereocenters. The summed E-state index contributed by atoms with van der Waals surface area (Å²) in [4.78, 5) is 0. The lowest BCUT2D eigenvalue weighted by molar-refractivity contribution is 0.00578. The summed E-state index contributed by atoms with van der Waals surface area (Å²) >= 11 is 0. The molecule has 4 heteroatoms. The van der Waals surface area contributed by atoms with Crippen LogP contribution in [0.25, 0.3) is 0 Å². The standard InChI is InChI=1S/C22H35BO3/c1-14-13-15-16(20(4,5)12-11-19(15,2)3)18(24-10)17(14)23-25-21(6,7)22(8,9)26-23/h13H,11-12H2,1-10H3. The molecule has 3 rings (SSSR count). The van der Waals surface area contributed by atoms with Crippen LogP contribution < -0.4 is 10.2 Å². The van der Waals surface area contributed by atoms with E-state index >= 15 is 0 Å². The molecule has 1 heterocycles. The van der Waals surface area contributed by atoms with Crippen molar-refractivity contribution in [2.24, 2.45) is 0 Å². The van der Waals surface area contributed by atoms with Gasteiger partial charge in [-0.1, -0.05) is 33.8 Å². The second-order valence-corrected chi connectivity index (χ2v) is 10.4. The molecule has 0 N–H and O–H groups in total. The number of fused-ring (bicyclic) bond motifs is 1. The Labute approximate surface area is 159 Å². The molecule has 144 valence electrons. The van der Waals surface area contributed by atoms with Gasteiger partial charge in [0.2, 0.25) is 0 Å². The zero-order valence-corrected chi connectivity index (χ0v) is 18.3. The fourth-order valence-electron chi connectivity index (χ4n) is 4.36. The van der Waals surface area contributed by atoms with E-state index in [-0.39, 0.29) is 22.0 Å². The molecule has 0 spiro atoms. The Hall–Kier alpha value is -0.995. The number of rotatable bonds is 2. The lowest BCUT2D eigenvalue weighted by atomic mass is 9.60. The minimum Gasteiger partial charge on any atom is -0.497 e. The number of hydrogen-bond donors (Lipinski definition) is 0. The third-order valence-electron chi connectivity index (χ3n) is 7.00. The molecular weight excluding hydrogens is 323 g/mol. The highest BCUT2D eigenvalue weighted by Gasteiger charge is 2.54. The van der Waals surface area contributed by atoms with Gasteiger partial charge in [-0.2, -0.15) is 0 Å². The predicted molar refractivity (Wildman–Crippen MR) is 109 cm³/mol. The molecule has 0 saturated carbocycles. The highest BCUT2D eigenvalue weighted by Crippen LogP contribution is 2.50. The first-order valence-electron chi connectivity index (χ1n) is 9.82. The molecule has 0 aromatic heterocycles. The SMILES string of the molecule is COc1c(B2OC(C)(C)C(C)(C)O2)c(C)cc2c1C(C)(C)CCC2(C)C. The van der Waals surface area contributed by atoms with Crippen LogP contribution in [0.3, 0.4) is 0 Å². The number of aryl methyl sites for hydroxylation is 1. The summed E-state index contributed by atoms with van der Waals surface area (Å²) in [6.45, 7) is 19.9. The van der Waals surface area contributed by atoms with E-state index in [4.69, 9.17) is 14.0 Å². The van der Waals surface area contributed by atoms with Gasteiger partial charge in [-0.3, -0.25) is 0 Å². The number of hydrogen-bond acceptors (Lipinski definition) is 3. The van der Waals surface area contributed by atoms with Crippen molar-refractivity contribution in [1.29, 1.82) is 0 Å². The van der Waals surface area contributed by atoms with Crippen molar-refractivity contribution in [2.75, 3.05) is 7.11 Å². The Kier molecular flexibility index (Phi) is 4.37. The second-order valence-electron chi connectivity index (χ2n) is 10.4. The maximum atomic E-state index is 6.38. The van der Waals surface area contributed by atoms with E-state index in [1.165, 1.54) is 23.1 Å². The Bertz CT molecular complexity index is 715. The molecule has 2 aliphatic rings. The Balaban J connectivity index is 2.24. The van der Waals surface area contributed by atoms with E-state index in [1.54, 1.807) is 7.11 Å². The van der Waals surface area contributed by atoms with E-state index < -0.39 is 7.12 Å². The van der Waals surface area contributed by atoms with E-state index in [0.29, 0.717) is 0 Å². The smallest absolute Gasteiger partial charge is 0.497 e.